The third-order valence-corrected chi connectivity index (χ3v) is 5.09. The van der Waals surface area contributed by atoms with Gasteiger partial charge in [-0.25, -0.2) is 0 Å². The Hall–Kier alpha value is 0.0900. The molecule has 5 N–H and O–H groups in total. The summed E-state index contributed by atoms with van der Waals surface area (Å²) in [7, 11) is 0. The third kappa shape index (κ3) is 28.3. The molecule has 0 spiro atoms. The van der Waals surface area contributed by atoms with Gasteiger partial charge in [0.25, 0.3) is 5.97 Å². The average molecular weight is 425 g/mol. The van der Waals surface area contributed by atoms with Crippen molar-refractivity contribution in [2.45, 2.75) is 122 Å². The monoisotopic (exact) mass is 424 g/mol. The van der Waals surface area contributed by atoms with Gasteiger partial charge in [-0.05, 0) is 13.0 Å². The number of hydrogen-bond acceptors (Lipinski definition) is 5. The largest absolute Gasteiger partial charge is 0.344 e. The van der Waals surface area contributed by atoms with Crippen molar-refractivity contribution < 1.29 is 15.3 Å². The van der Waals surface area contributed by atoms with Crippen LogP contribution in [-0.2, 0) is 0 Å². The van der Waals surface area contributed by atoms with Crippen molar-refractivity contribution in [1.82, 2.24) is 10.6 Å². The van der Waals surface area contributed by atoms with Crippen LogP contribution in [0.4, 0.5) is 0 Å². The Labute approximate surface area is 180 Å². The molecule has 0 aromatic heterocycles. The molecule has 172 valence electrons. The summed E-state index contributed by atoms with van der Waals surface area (Å²) >= 11 is 0. The van der Waals surface area contributed by atoms with Crippen LogP contribution < -0.4 is 10.6 Å². The van der Waals surface area contributed by atoms with Crippen LogP contribution in [-0.4, -0.2) is 41.1 Å². The van der Waals surface area contributed by atoms with Crippen LogP contribution in [0.2, 0.25) is 0 Å². The lowest BCUT2D eigenvalue weighted by Gasteiger charge is -2.14. The van der Waals surface area contributed by atoms with Crippen LogP contribution in [0, 0.1) is 0 Å². The molecule has 0 bridgehead atoms. The van der Waals surface area contributed by atoms with Gasteiger partial charge in [0.05, 0.1) is 0 Å². The molecular weight excluding hydrogens is 376 g/mol. The van der Waals surface area contributed by atoms with E-state index in [4.69, 9.17) is 15.3 Å². The molecule has 0 aliphatic rings. The molecule has 0 unspecified atom stereocenters. The van der Waals surface area contributed by atoms with E-state index in [2.05, 4.69) is 17.6 Å². The van der Waals surface area contributed by atoms with E-state index in [0.29, 0.717) is 13.2 Å². The van der Waals surface area contributed by atoms with Gasteiger partial charge < -0.3 is 26.0 Å². The Kier molecular flexibility index (Phi) is 25.3. The highest BCUT2D eigenvalue weighted by atomic mass is 35.5. The van der Waals surface area contributed by atoms with Gasteiger partial charge >= 0.3 is 0 Å². The summed E-state index contributed by atoms with van der Waals surface area (Å²) in [6.45, 7) is 4.26. The molecule has 0 saturated carbocycles. The fourth-order valence-corrected chi connectivity index (χ4v) is 3.32. The van der Waals surface area contributed by atoms with Crippen LogP contribution in [0.15, 0.2) is 0 Å². The first kappa shape index (κ1) is 30.3. The number of hydrogen-bond donors (Lipinski definition) is 5. The standard InChI is InChI=1S/C22H48N2O3.ClH/c1-2-3-4-5-6-7-8-9-10-11-12-13-14-15-16-17-19-23-21-24-20-18-22(25,26)27;/h23-27H,2-21H2,1H3;1H. The second-order valence-corrected chi connectivity index (χ2v) is 8.00. The first-order chi connectivity index (χ1) is 13.1. The Morgan fingerprint density at radius 1 is 0.536 bits per heavy atom. The average Bonchev–Trinajstić information content (AvgIpc) is 2.62. The molecule has 0 aromatic rings. The lowest BCUT2D eigenvalue weighted by atomic mass is 10.0. The predicted molar refractivity (Wildman–Crippen MR) is 122 cm³/mol. The summed E-state index contributed by atoms with van der Waals surface area (Å²) < 4.78 is 0. The van der Waals surface area contributed by atoms with Gasteiger partial charge in [0.2, 0.25) is 0 Å². The van der Waals surface area contributed by atoms with Crippen molar-refractivity contribution in [3.05, 3.63) is 0 Å². The molecule has 0 aromatic carbocycles. The van der Waals surface area contributed by atoms with Crippen molar-refractivity contribution in [3.8, 4) is 0 Å². The van der Waals surface area contributed by atoms with Gasteiger partial charge in [0.1, 0.15) is 0 Å². The first-order valence-corrected chi connectivity index (χ1v) is 11.6. The molecule has 5 nitrogen and oxygen atoms in total. The van der Waals surface area contributed by atoms with Gasteiger partial charge in [-0.15, -0.1) is 12.4 Å². The summed E-state index contributed by atoms with van der Waals surface area (Å²) in [5.41, 5.74) is 0. The normalized spacial score (nSPS) is 11.6. The smallest absolute Gasteiger partial charge is 0.276 e. The quantitative estimate of drug-likeness (QED) is 0.127. The summed E-state index contributed by atoms with van der Waals surface area (Å²) in [5.74, 6) is -2.55. The SMILES string of the molecule is CCCCCCCCCCCCCCCCCCNCNCCC(O)(O)O.Cl. The maximum atomic E-state index is 8.73. The Morgan fingerprint density at radius 3 is 1.29 bits per heavy atom. The van der Waals surface area contributed by atoms with E-state index >= 15 is 0 Å². The van der Waals surface area contributed by atoms with Crippen LogP contribution >= 0.6 is 12.4 Å². The number of aliphatic hydroxyl groups is 3. The van der Waals surface area contributed by atoms with Crippen LogP contribution in [0.5, 0.6) is 0 Å². The number of rotatable bonds is 22. The molecule has 0 saturated heterocycles. The van der Waals surface area contributed by atoms with E-state index in [0.717, 1.165) is 6.54 Å². The molecular formula is C22H49ClN2O3. The van der Waals surface area contributed by atoms with E-state index in [1.807, 2.05) is 0 Å². The Morgan fingerprint density at radius 2 is 0.893 bits per heavy atom. The minimum absolute atomic E-state index is 0. The van der Waals surface area contributed by atoms with E-state index < -0.39 is 5.97 Å². The zero-order valence-corrected chi connectivity index (χ0v) is 19.2. The molecule has 0 atom stereocenters. The van der Waals surface area contributed by atoms with Crippen molar-refractivity contribution in [3.63, 3.8) is 0 Å². The zero-order valence-electron chi connectivity index (χ0n) is 18.4. The minimum Gasteiger partial charge on any atom is -0.344 e. The second-order valence-electron chi connectivity index (χ2n) is 8.00. The molecule has 0 aliphatic heterocycles. The van der Waals surface area contributed by atoms with Crippen LogP contribution in [0.25, 0.3) is 0 Å². The van der Waals surface area contributed by atoms with Crippen molar-refractivity contribution in [1.29, 1.82) is 0 Å². The summed E-state index contributed by atoms with van der Waals surface area (Å²) in [6.07, 6.45) is 22.1. The second kappa shape index (κ2) is 23.4. The molecule has 0 amide bonds. The first-order valence-electron chi connectivity index (χ1n) is 11.6. The van der Waals surface area contributed by atoms with E-state index in [1.165, 1.54) is 103 Å². The fraction of sp³-hybridized carbons (Fsp3) is 1.00. The Bertz CT molecular complexity index is 289. The highest BCUT2D eigenvalue weighted by molar-refractivity contribution is 5.85. The summed E-state index contributed by atoms with van der Waals surface area (Å²) in [6, 6.07) is 0. The maximum absolute atomic E-state index is 8.73. The number of halogens is 1. The number of unbranched alkanes of at least 4 members (excludes halogenated alkanes) is 15. The highest BCUT2D eigenvalue weighted by Crippen LogP contribution is 2.13. The van der Waals surface area contributed by atoms with E-state index in [-0.39, 0.29) is 18.8 Å². The van der Waals surface area contributed by atoms with Gasteiger partial charge in [0.15, 0.2) is 0 Å². The molecule has 0 aliphatic carbocycles. The highest BCUT2D eigenvalue weighted by Gasteiger charge is 2.16. The molecule has 0 heterocycles. The van der Waals surface area contributed by atoms with Gasteiger partial charge in [-0.1, -0.05) is 103 Å². The molecule has 6 heteroatoms. The van der Waals surface area contributed by atoms with E-state index in [9.17, 15) is 0 Å². The maximum Gasteiger partial charge on any atom is 0.276 e. The van der Waals surface area contributed by atoms with Crippen LogP contribution in [0.3, 0.4) is 0 Å². The molecule has 0 fully saturated rings. The zero-order chi connectivity index (χ0) is 20.1. The molecule has 0 radical (unpaired) electrons. The van der Waals surface area contributed by atoms with Crippen molar-refractivity contribution >= 4 is 12.4 Å². The lowest BCUT2D eigenvalue weighted by Crippen LogP contribution is -2.36. The number of nitrogens with one attached hydrogen (secondary N) is 2. The van der Waals surface area contributed by atoms with Gasteiger partial charge in [-0.3, -0.25) is 0 Å². The lowest BCUT2D eigenvalue weighted by molar-refractivity contribution is -0.313. The van der Waals surface area contributed by atoms with Crippen molar-refractivity contribution in [2.24, 2.45) is 0 Å². The minimum atomic E-state index is -2.55. The Balaban J connectivity index is 0. The van der Waals surface area contributed by atoms with Crippen LogP contribution in [0.1, 0.15) is 116 Å². The third-order valence-electron chi connectivity index (χ3n) is 5.09. The predicted octanol–water partition coefficient (Wildman–Crippen LogP) is 4.83. The summed E-state index contributed by atoms with van der Waals surface area (Å²) in [5, 5.41) is 32.5. The van der Waals surface area contributed by atoms with Gasteiger partial charge in [0, 0.05) is 19.6 Å². The topological polar surface area (TPSA) is 84.8 Å². The van der Waals surface area contributed by atoms with Crippen molar-refractivity contribution in [2.75, 3.05) is 19.8 Å². The molecule has 0 rings (SSSR count). The molecule has 28 heavy (non-hydrogen) atoms. The van der Waals surface area contributed by atoms with E-state index in [1.54, 1.807) is 0 Å². The van der Waals surface area contributed by atoms with Gasteiger partial charge in [-0.2, -0.15) is 0 Å². The fourth-order valence-electron chi connectivity index (χ4n) is 3.32. The summed E-state index contributed by atoms with van der Waals surface area (Å²) in [4.78, 5) is 0.